The van der Waals surface area contributed by atoms with Gasteiger partial charge in [-0.2, -0.15) is 0 Å². The first-order valence-corrected chi connectivity index (χ1v) is 22.1. The molecular weight excluding hydrogens is 619 g/mol. The van der Waals surface area contributed by atoms with E-state index in [0.29, 0.717) is 15.9 Å². The normalized spacial score (nSPS) is 11.9. The maximum absolute atomic E-state index is 13.3. The number of hydrogen-bond donors (Lipinski definition) is 4. The summed E-state index contributed by atoms with van der Waals surface area (Å²) >= 11 is 3.39. The molecule has 2 aromatic carbocycles. The topological polar surface area (TPSA) is 148 Å². The van der Waals surface area contributed by atoms with Gasteiger partial charge < -0.3 is 6.15 Å². The van der Waals surface area contributed by atoms with Crippen LogP contribution in [0.5, 0.6) is 5.75 Å². The van der Waals surface area contributed by atoms with Gasteiger partial charge in [-0.15, -0.1) is 0 Å². The molecule has 0 aliphatic carbocycles. The summed E-state index contributed by atoms with van der Waals surface area (Å²) in [5.74, 6) is 0.0321. The number of unbranched alkanes of at least 4 members (excludes halogenated alkanes) is 3. The van der Waals surface area contributed by atoms with E-state index in [1.165, 1.54) is 73.6 Å². The molecule has 0 atom stereocenters. The number of rotatable bonds is 13. The molecule has 0 saturated heterocycles. The quantitative estimate of drug-likeness (QED) is 0.115. The number of aromatic nitrogens is 2. The minimum Gasteiger partial charge on any atom is -0.344 e. The zero-order valence-corrected chi connectivity index (χ0v) is 26.4. The summed E-state index contributed by atoms with van der Waals surface area (Å²) in [6.07, 6.45) is 7.21. The third-order valence-corrected chi connectivity index (χ3v) is 23.0. The van der Waals surface area contributed by atoms with Crippen LogP contribution in [0, 0.1) is 0 Å². The first-order chi connectivity index (χ1) is 17.1. The molecule has 0 aliphatic rings. The van der Waals surface area contributed by atoms with Crippen LogP contribution in [-0.4, -0.2) is 38.1 Å². The summed E-state index contributed by atoms with van der Waals surface area (Å²) in [7, 11) is -4.82. The van der Waals surface area contributed by atoms with Gasteiger partial charge in [0.1, 0.15) is 0 Å². The van der Waals surface area contributed by atoms with E-state index in [9.17, 15) is 19.1 Å². The van der Waals surface area contributed by atoms with E-state index in [4.69, 9.17) is 16.1 Å². The molecule has 8 nitrogen and oxygen atoms in total. The maximum Gasteiger partial charge on any atom is -0.344 e. The fourth-order valence-corrected chi connectivity index (χ4v) is 21.4. The zero-order valence-electron chi connectivity index (χ0n) is 21.9. The van der Waals surface area contributed by atoms with Crippen LogP contribution in [0.3, 0.4) is 0 Å². The van der Waals surface area contributed by atoms with Crippen LogP contribution in [0.1, 0.15) is 59.3 Å². The number of aromatic amines is 1. The van der Waals surface area contributed by atoms with Crippen LogP contribution in [0.2, 0.25) is 18.3 Å². The Morgan fingerprint density at radius 3 is 2.11 bits per heavy atom. The van der Waals surface area contributed by atoms with Crippen LogP contribution in [0.4, 0.5) is 0 Å². The number of phosphoric acid groups is 1. The van der Waals surface area contributed by atoms with Crippen molar-refractivity contribution >= 4 is 52.3 Å². The summed E-state index contributed by atoms with van der Waals surface area (Å²) in [6, 6.07) is 10.5. The number of hydrogen-bond acceptors (Lipinski definition) is 5. The first kappa shape index (κ1) is 31.8. The number of nitrogens with zero attached hydrogens (tertiary/aromatic N) is 1. The van der Waals surface area contributed by atoms with Crippen molar-refractivity contribution in [3.63, 3.8) is 0 Å². The Labute approximate surface area is 227 Å². The SMILES string of the molecule is CCC[CH2][Sn]([CH2]CCC)([CH2]CCC)[c]1ccc2nc(-c3cc(Cl)ccc3OP(=O)(O)O)[nH]c(=O)c2c1.N. The Morgan fingerprint density at radius 2 is 1.57 bits per heavy atom. The molecule has 0 aliphatic heterocycles. The minimum atomic E-state index is -4.82. The van der Waals surface area contributed by atoms with Crippen LogP contribution >= 0.6 is 19.4 Å². The fraction of sp³-hybridized carbons (Fsp3) is 0.462. The van der Waals surface area contributed by atoms with Crippen molar-refractivity contribution in [2.24, 2.45) is 0 Å². The van der Waals surface area contributed by atoms with Crippen molar-refractivity contribution < 1.29 is 18.9 Å². The summed E-state index contributed by atoms with van der Waals surface area (Å²) in [5.41, 5.74) is 0.443. The molecule has 1 heterocycles. The second kappa shape index (κ2) is 14.1. The van der Waals surface area contributed by atoms with Gasteiger partial charge in [-0.05, 0) is 0 Å². The van der Waals surface area contributed by atoms with Crippen molar-refractivity contribution in [2.75, 3.05) is 0 Å². The van der Waals surface area contributed by atoms with Gasteiger partial charge in [-0.3, -0.25) is 0 Å². The molecule has 3 rings (SSSR count). The zero-order chi connectivity index (χ0) is 26.3. The van der Waals surface area contributed by atoms with Crippen molar-refractivity contribution in [3.05, 3.63) is 51.8 Å². The maximum atomic E-state index is 13.3. The van der Waals surface area contributed by atoms with Crippen molar-refractivity contribution in [3.8, 4) is 17.1 Å². The summed E-state index contributed by atoms with van der Waals surface area (Å²) in [6.45, 7) is 6.73. The van der Waals surface area contributed by atoms with Gasteiger partial charge in [-0.1, -0.05) is 0 Å². The Kier molecular flexibility index (Phi) is 12.1. The molecule has 6 N–H and O–H groups in total. The van der Waals surface area contributed by atoms with E-state index in [1.54, 1.807) is 0 Å². The number of benzene rings is 2. The van der Waals surface area contributed by atoms with Crippen LogP contribution in [-0.2, 0) is 4.57 Å². The van der Waals surface area contributed by atoms with Gasteiger partial charge in [0.05, 0.1) is 0 Å². The third kappa shape index (κ3) is 8.28. The Morgan fingerprint density at radius 1 is 0.973 bits per heavy atom. The predicted octanol–water partition coefficient (Wildman–Crippen LogP) is 6.93. The molecule has 0 amide bonds. The van der Waals surface area contributed by atoms with E-state index in [1.807, 2.05) is 6.07 Å². The number of phosphoric ester groups is 1. The molecule has 0 saturated carbocycles. The Bertz CT molecular complexity index is 1280. The van der Waals surface area contributed by atoms with Crippen molar-refractivity contribution in [1.29, 1.82) is 0 Å². The largest absolute Gasteiger partial charge is 0.344 e. The van der Waals surface area contributed by atoms with Gasteiger partial charge >= 0.3 is 223 Å². The van der Waals surface area contributed by atoms with Crippen LogP contribution in [0.25, 0.3) is 22.3 Å². The van der Waals surface area contributed by atoms with E-state index < -0.39 is 26.2 Å². The summed E-state index contributed by atoms with van der Waals surface area (Å²) in [4.78, 5) is 39.3. The molecule has 0 radical (unpaired) electrons. The molecular formula is C26H39ClN3O5PSn. The number of fused-ring (bicyclic) bond motifs is 1. The van der Waals surface area contributed by atoms with Gasteiger partial charge in [0, 0.05) is 0 Å². The smallest absolute Gasteiger partial charge is 0.344 e. The predicted molar refractivity (Wildman–Crippen MR) is 155 cm³/mol. The summed E-state index contributed by atoms with van der Waals surface area (Å²) < 4.78 is 21.6. The molecule has 37 heavy (non-hydrogen) atoms. The standard InChI is InChI=1S/C14H9ClN2O5P.3C4H9.H3N.Sn/c15-8-5-6-12(22-23(19,20)21)10(7-8)13-16-11-4-2-1-3-9(11)14(18)17-13;3*1-3-4-2;;/h2-7H,(H,16,17,18)(H2,19,20,21);3*1,3-4H2,2H3;1H3;. The van der Waals surface area contributed by atoms with E-state index in [2.05, 4.69) is 42.9 Å². The average molecular weight is 659 g/mol. The minimum absolute atomic E-state index is 0. The molecule has 0 unspecified atom stereocenters. The molecule has 1 aromatic heterocycles. The monoisotopic (exact) mass is 659 g/mol. The number of nitrogens with one attached hydrogen (secondary N) is 1. The van der Waals surface area contributed by atoms with Crippen LogP contribution in [0.15, 0.2) is 41.2 Å². The number of H-pyrrole nitrogens is 1. The second-order valence-corrected chi connectivity index (χ2v) is 24.3. The van der Waals surface area contributed by atoms with Gasteiger partial charge in [0.15, 0.2) is 0 Å². The molecule has 0 fully saturated rings. The van der Waals surface area contributed by atoms with Gasteiger partial charge in [0.2, 0.25) is 0 Å². The van der Waals surface area contributed by atoms with Gasteiger partial charge in [-0.25, -0.2) is 0 Å². The average Bonchev–Trinajstić information content (AvgIpc) is 2.84. The fourth-order valence-electron chi connectivity index (χ4n) is 4.84. The molecule has 3 aromatic rings. The summed E-state index contributed by atoms with van der Waals surface area (Å²) in [5, 5.41) is 0.865. The molecule has 204 valence electrons. The third-order valence-electron chi connectivity index (χ3n) is 6.76. The first-order valence-electron chi connectivity index (χ1n) is 12.7. The van der Waals surface area contributed by atoms with E-state index in [-0.39, 0.29) is 28.8 Å². The molecule has 0 bridgehead atoms. The number of halogens is 1. The molecule has 11 heteroatoms. The van der Waals surface area contributed by atoms with Gasteiger partial charge in [0.25, 0.3) is 0 Å². The molecule has 0 spiro atoms. The Balaban J connectivity index is 0.00000481. The Hall–Kier alpha value is -1.42. The van der Waals surface area contributed by atoms with Crippen molar-refractivity contribution in [1.82, 2.24) is 16.1 Å². The van der Waals surface area contributed by atoms with Crippen LogP contribution < -0.4 is 19.8 Å². The van der Waals surface area contributed by atoms with E-state index >= 15 is 0 Å². The second-order valence-electron chi connectivity index (χ2n) is 9.46. The van der Waals surface area contributed by atoms with Crippen molar-refractivity contribution in [2.45, 2.75) is 72.6 Å². The van der Waals surface area contributed by atoms with E-state index in [0.717, 1.165) is 0 Å².